The molecule has 132 valence electrons. The first-order valence-electron chi connectivity index (χ1n) is 9.01. The third kappa shape index (κ3) is 4.20. The van der Waals surface area contributed by atoms with Crippen LogP contribution in [0.4, 0.5) is 4.79 Å². The van der Waals surface area contributed by atoms with E-state index in [0.717, 1.165) is 43.7 Å². The number of urea groups is 1. The molecule has 1 saturated carbocycles. The van der Waals surface area contributed by atoms with E-state index in [2.05, 4.69) is 24.1 Å². The van der Waals surface area contributed by atoms with Crippen molar-refractivity contribution in [1.29, 1.82) is 0 Å². The topological polar surface area (TPSA) is 44.8 Å². The lowest BCUT2D eigenvalue weighted by Crippen LogP contribution is -2.46. The predicted octanol–water partition coefficient (Wildman–Crippen LogP) is 2.85. The summed E-state index contributed by atoms with van der Waals surface area (Å²) in [5, 5.41) is 3.25. The highest BCUT2D eigenvalue weighted by Crippen LogP contribution is 2.29. The minimum absolute atomic E-state index is 0.0870. The van der Waals surface area contributed by atoms with Gasteiger partial charge in [-0.1, -0.05) is 12.1 Å². The minimum atomic E-state index is 0.0870. The van der Waals surface area contributed by atoms with E-state index in [-0.39, 0.29) is 12.1 Å². The van der Waals surface area contributed by atoms with Crippen LogP contribution in [-0.4, -0.2) is 54.2 Å². The normalized spacial score (nSPS) is 21.1. The van der Waals surface area contributed by atoms with Crippen molar-refractivity contribution in [1.82, 2.24) is 15.1 Å². The van der Waals surface area contributed by atoms with E-state index in [1.807, 2.05) is 29.2 Å². The number of hydrogen-bond acceptors (Lipinski definition) is 3. The maximum absolute atomic E-state index is 12.8. The predicted molar refractivity (Wildman–Crippen MR) is 95.2 cm³/mol. The van der Waals surface area contributed by atoms with E-state index >= 15 is 0 Å². The summed E-state index contributed by atoms with van der Waals surface area (Å²) in [4.78, 5) is 17.2. The SMILES string of the molecule is COc1ccc(CN(C(=O)NC2CCN(C(C)C)C2)C2CC2)cc1. The molecule has 1 aromatic carbocycles. The summed E-state index contributed by atoms with van der Waals surface area (Å²) < 4.78 is 5.20. The Balaban J connectivity index is 1.57. The number of carbonyl (C=O) groups excluding carboxylic acids is 1. The molecule has 1 unspecified atom stereocenters. The van der Waals surface area contributed by atoms with E-state index in [0.29, 0.717) is 18.6 Å². The van der Waals surface area contributed by atoms with Crippen LogP contribution in [0.2, 0.25) is 0 Å². The highest BCUT2D eigenvalue weighted by Gasteiger charge is 2.34. The molecule has 1 N–H and O–H groups in total. The molecule has 0 spiro atoms. The first-order chi connectivity index (χ1) is 11.6. The highest BCUT2D eigenvalue weighted by molar-refractivity contribution is 5.75. The number of hydrogen-bond donors (Lipinski definition) is 1. The van der Waals surface area contributed by atoms with Crippen LogP contribution in [0.1, 0.15) is 38.7 Å². The number of likely N-dealkylation sites (tertiary alicyclic amines) is 1. The molecule has 1 heterocycles. The third-order valence-corrected chi connectivity index (χ3v) is 5.04. The van der Waals surface area contributed by atoms with E-state index < -0.39 is 0 Å². The largest absolute Gasteiger partial charge is 0.497 e. The van der Waals surface area contributed by atoms with Crippen LogP contribution in [0.5, 0.6) is 5.75 Å². The molecule has 1 saturated heterocycles. The number of rotatable bonds is 6. The summed E-state index contributed by atoms with van der Waals surface area (Å²) in [5.74, 6) is 0.848. The van der Waals surface area contributed by atoms with Crippen molar-refractivity contribution in [3.05, 3.63) is 29.8 Å². The van der Waals surface area contributed by atoms with E-state index in [1.165, 1.54) is 0 Å². The van der Waals surface area contributed by atoms with Crippen LogP contribution >= 0.6 is 0 Å². The summed E-state index contributed by atoms with van der Waals surface area (Å²) in [5.41, 5.74) is 1.15. The molecule has 1 aromatic rings. The van der Waals surface area contributed by atoms with Crippen molar-refractivity contribution in [2.75, 3.05) is 20.2 Å². The summed E-state index contributed by atoms with van der Waals surface area (Å²) in [6.45, 7) is 7.13. The Morgan fingerprint density at radius 1 is 1.29 bits per heavy atom. The molecule has 1 atom stereocenters. The molecule has 1 aliphatic carbocycles. The summed E-state index contributed by atoms with van der Waals surface area (Å²) in [6, 6.07) is 9.29. The van der Waals surface area contributed by atoms with Crippen molar-refractivity contribution in [2.45, 2.75) is 57.8 Å². The van der Waals surface area contributed by atoms with Crippen LogP contribution in [0.25, 0.3) is 0 Å². The maximum Gasteiger partial charge on any atom is 0.318 e. The first kappa shape index (κ1) is 17.1. The smallest absolute Gasteiger partial charge is 0.318 e. The summed E-state index contributed by atoms with van der Waals surface area (Å²) in [6.07, 6.45) is 3.28. The molecule has 2 amide bonds. The molecule has 0 aromatic heterocycles. The van der Waals surface area contributed by atoms with Crippen molar-refractivity contribution in [2.24, 2.45) is 0 Å². The molecular weight excluding hydrogens is 302 g/mol. The lowest BCUT2D eigenvalue weighted by molar-refractivity contribution is 0.186. The van der Waals surface area contributed by atoms with Gasteiger partial charge in [0.15, 0.2) is 0 Å². The number of benzene rings is 1. The Bertz CT molecular complexity index is 554. The van der Waals surface area contributed by atoms with Crippen molar-refractivity contribution >= 4 is 6.03 Å². The number of amides is 2. The van der Waals surface area contributed by atoms with Gasteiger partial charge in [0.25, 0.3) is 0 Å². The molecule has 0 radical (unpaired) electrons. The fraction of sp³-hybridized carbons (Fsp3) is 0.632. The highest BCUT2D eigenvalue weighted by atomic mass is 16.5. The molecule has 2 aliphatic rings. The summed E-state index contributed by atoms with van der Waals surface area (Å²) >= 11 is 0. The van der Waals surface area contributed by atoms with Crippen LogP contribution < -0.4 is 10.1 Å². The Morgan fingerprint density at radius 2 is 2.00 bits per heavy atom. The number of nitrogens with one attached hydrogen (secondary N) is 1. The van der Waals surface area contributed by atoms with Crippen molar-refractivity contribution in [3.8, 4) is 5.75 Å². The Labute approximate surface area is 145 Å². The number of methoxy groups -OCH3 is 1. The van der Waals surface area contributed by atoms with Gasteiger partial charge in [-0.25, -0.2) is 4.79 Å². The van der Waals surface area contributed by atoms with Crippen LogP contribution in [0.3, 0.4) is 0 Å². The maximum atomic E-state index is 12.8. The van der Waals surface area contributed by atoms with Crippen molar-refractivity contribution in [3.63, 3.8) is 0 Å². The van der Waals surface area contributed by atoms with Gasteiger partial charge in [0.05, 0.1) is 7.11 Å². The fourth-order valence-electron chi connectivity index (χ4n) is 3.31. The van der Waals surface area contributed by atoms with Gasteiger partial charge in [0.2, 0.25) is 0 Å². The molecule has 5 nitrogen and oxygen atoms in total. The fourth-order valence-corrected chi connectivity index (χ4v) is 3.31. The second-order valence-electron chi connectivity index (χ2n) is 7.23. The summed E-state index contributed by atoms with van der Waals surface area (Å²) in [7, 11) is 1.67. The number of nitrogens with zero attached hydrogens (tertiary/aromatic N) is 2. The molecule has 2 fully saturated rings. The van der Waals surface area contributed by atoms with Crippen LogP contribution in [0, 0.1) is 0 Å². The lowest BCUT2D eigenvalue weighted by Gasteiger charge is -2.26. The van der Waals surface area contributed by atoms with Crippen LogP contribution in [-0.2, 0) is 6.54 Å². The zero-order valence-corrected chi connectivity index (χ0v) is 15.0. The van der Waals surface area contributed by atoms with Gasteiger partial charge < -0.3 is 15.0 Å². The van der Waals surface area contributed by atoms with Gasteiger partial charge >= 0.3 is 6.03 Å². The molecule has 24 heavy (non-hydrogen) atoms. The van der Waals surface area contributed by atoms with Gasteiger partial charge in [-0.3, -0.25) is 4.90 Å². The molecule has 0 bridgehead atoms. The average molecular weight is 331 g/mol. The number of ether oxygens (including phenoxy) is 1. The molecule has 3 rings (SSSR count). The van der Waals surface area contributed by atoms with E-state index in [9.17, 15) is 4.79 Å². The Morgan fingerprint density at radius 3 is 2.54 bits per heavy atom. The molecule has 5 heteroatoms. The van der Waals surface area contributed by atoms with Gasteiger partial charge in [-0.05, 0) is 50.8 Å². The number of carbonyl (C=O) groups is 1. The van der Waals surface area contributed by atoms with Gasteiger partial charge in [0.1, 0.15) is 5.75 Å². The molecule has 1 aliphatic heterocycles. The minimum Gasteiger partial charge on any atom is -0.497 e. The van der Waals surface area contributed by atoms with Crippen molar-refractivity contribution < 1.29 is 9.53 Å². The lowest BCUT2D eigenvalue weighted by atomic mass is 10.2. The Kier molecular flexibility index (Phi) is 5.29. The standard InChI is InChI=1S/C19H29N3O2/c1-14(2)21-11-10-16(13-21)20-19(23)22(17-6-7-17)12-15-4-8-18(24-3)9-5-15/h4-5,8-9,14,16-17H,6-7,10-13H2,1-3H3,(H,20,23). The van der Waals surface area contributed by atoms with Crippen LogP contribution in [0.15, 0.2) is 24.3 Å². The Hall–Kier alpha value is -1.75. The third-order valence-electron chi connectivity index (χ3n) is 5.04. The second kappa shape index (κ2) is 7.43. The first-order valence-corrected chi connectivity index (χ1v) is 9.01. The van der Waals surface area contributed by atoms with E-state index in [1.54, 1.807) is 7.11 Å². The zero-order valence-electron chi connectivity index (χ0n) is 15.0. The monoisotopic (exact) mass is 331 g/mol. The van der Waals surface area contributed by atoms with E-state index in [4.69, 9.17) is 4.74 Å². The van der Waals surface area contributed by atoms with Gasteiger partial charge in [-0.2, -0.15) is 0 Å². The zero-order chi connectivity index (χ0) is 17.1. The molecular formula is C19H29N3O2. The van der Waals surface area contributed by atoms with Gasteiger partial charge in [0, 0.05) is 37.8 Å². The van der Waals surface area contributed by atoms with Gasteiger partial charge in [-0.15, -0.1) is 0 Å². The second-order valence-corrected chi connectivity index (χ2v) is 7.23. The average Bonchev–Trinajstić information content (AvgIpc) is 3.31. The quantitative estimate of drug-likeness (QED) is 0.872.